The van der Waals surface area contributed by atoms with Crippen molar-refractivity contribution in [2.75, 3.05) is 12.9 Å². The molecule has 5 atom stereocenters. The van der Waals surface area contributed by atoms with E-state index in [2.05, 4.69) is 6.07 Å². The van der Waals surface area contributed by atoms with Crippen molar-refractivity contribution in [1.29, 1.82) is 0 Å². The Morgan fingerprint density at radius 2 is 1.89 bits per heavy atom. The summed E-state index contributed by atoms with van der Waals surface area (Å²) in [4.78, 5) is 0. The Bertz CT molecular complexity index is 859. The Labute approximate surface area is 173 Å². The van der Waals surface area contributed by atoms with Crippen LogP contribution in [-0.4, -0.2) is 51.9 Å². The SMILES string of the molecule is CS[C@H]1O[C@@H](c2ccc(Cl)c(Cc3ccc4c(c3)CCO4)c2)[C@H](O)[C@@H](O)[C@@H]1O. The predicted molar refractivity (Wildman–Crippen MR) is 109 cm³/mol. The van der Waals surface area contributed by atoms with Crippen LogP contribution in [0, 0.1) is 0 Å². The first-order valence-corrected chi connectivity index (χ1v) is 10.9. The molecule has 4 rings (SSSR count). The molecule has 2 aliphatic heterocycles. The van der Waals surface area contributed by atoms with E-state index in [0.29, 0.717) is 11.4 Å². The molecule has 2 heterocycles. The van der Waals surface area contributed by atoms with E-state index in [-0.39, 0.29) is 0 Å². The predicted octanol–water partition coefficient (Wildman–Crippen LogP) is 2.71. The molecule has 7 heteroatoms. The van der Waals surface area contributed by atoms with Gasteiger partial charge in [-0.25, -0.2) is 0 Å². The van der Waals surface area contributed by atoms with Gasteiger partial charge in [-0.3, -0.25) is 0 Å². The topological polar surface area (TPSA) is 79.2 Å². The molecule has 150 valence electrons. The molecular formula is C21H23ClO5S. The number of thioether (sulfide) groups is 1. The number of benzene rings is 2. The van der Waals surface area contributed by atoms with Crippen LogP contribution >= 0.6 is 23.4 Å². The molecule has 0 radical (unpaired) electrons. The van der Waals surface area contributed by atoms with Crippen LogP contribution in [0.4, 0.5) is 0 Å². The van der Waals surface area contributed by atoms with E-state index in [1.54, 1.807) is 18.4 Å². The fourth-order valence-electron chi connectivity index (χ4n) is 3.80. The maximum atomic E-state index is 10.4. The van der Waals surface area contributed by atoms with Crippen LogP contribution in [0.3, 0.4) is 0 Å². The summed E-state index contributed by atoms with van der Waals surface area (Å²) in [6.45, 7) is 0.719. The third kappa shape index (κ3) is 3.77. The lowest BCUT2D eigenvalue weighted by atomic mass is 9.92. The maximum absolute atomic E-state index is 10.4. The molecule has 5 nitrogen and oxygen atoms in total. The summed E-state index contributed by atoms with van der Waals surface area (Å²) in [6, 6.07) is 11.6. The van der Waals surface area contributed by atoms with Crippen molar-refractivity contribution in [3.05, 3.63) is 63.7 Å². The van der Waals surface area contributed by atoms with Gasteiger partial charge in [-0.2, -0.15) is 0 Å². The van der Waals surface area contributed by atoms with Crippen LogP contribution in [0.1, 0.15) is 28.4 Å². The molecule has 0 saturated carbocycles. The molecule has 0 aliphatic carbocycles. The molecule has 1 fully saturated rings. The van der Waals surface area contributed by atoms with Crippen molar-refractivity contribution in [1.82, 2.24) is 0 Å². The van der Waals surface area contributed by atoms with E-state index in [0.717, 1.165) is 35.5 Å². The lowest BCUT2D eigenvalue weighted by Gasteiger charge is -2.40. The standard InChI is InChI=1S/C21H23ClO5S/c1-28-21-19(25)17(23)18(24)20(27-21)13-3-4-15(22)14(10-13)9-11-2-5-16-12(8-11)6-7-26-16/h2-5,8,10,17-21,23-25H,6-7,9H2,1H3/t17-,18-,19+,20+,21-/m1/s1. The largest absolute Gasteiger partial charge is 0.493 e. The first-order chi connectivity index (χ1) is 13.5. The van der Waals surface area contributed by atoms with Crippen LogP contribution in [0.25, 0.3) is 0 Å². The summed E-state index contributed by atoms with van der Waals surface area (Å²) in [5.74, 6) is 0.943. The number of hydrogen-bond acceptors (Lipinski definition) is 6. The molecule has 0 bridgehead atoms. The second-order valence-electron chi connectivity index (χ2n) is 7.20. The number of aliphatic hydroxyl groups is 3. The smallest absolute Gasteiger partial charge is 0.132 e. The minimum absolute atomic E-state index is 0.612. The normalized spacial score (nSPS) is 29.4. The molecule has 2 aromatic rings. The first kappa shape index (κ1) is 20.0. The van der Waals surface area contributed by atoms with Crippen LogP contribution < -0.4 is 4.74 Å². The van der Waals surface area contributed by atoms with Crippen molar-refractivity contribution in [2.45, 2.75) is 42.7 Å². The van der Waals surface area contributed by atoms with E-state index in [1.165, 1.54) is 17.3 Å². The molecule has 0 amide bonds. The van der Waals surface area contributed by atoms with Gasteiger partial charge >= 0.3 is 0 Å². The zero-order valence-corrected chi connectivity index (χ0v) is 17.0. The molecule has 0 aromatic heterocycles. The highest BCUT2D eigenvalue weighted by molar-refractivity contribution is 7.99. The number of aliphatic hydroxyl groups excluding tert-OH is 3. The van der Waals surface area contributed by atoms with Gasteiger partial charge < -0.3 is 24.8 Å². The summed E-state index contributed by atoms with van der Waals surface area (Å²) < 4.78 is 11.4. The van der Waals surface area contributed by atoms with Gasteiger partial charge in [-0.05, 0) is 47.1 Å². The van der Waals surface area contributed by atoms with Crippen LogP contribution in [0.5, 0.6) is 5.75 Å². The van der Waals surface area contributed by atoms with Gasteiger partial charge in [-0.15, -0.1) is 11.8 Å². The monoisotopic (exact) mass is 422 g/mol. The Morgan fingerprint density at radius 1 is 1.07 bits per heavy atom. The van der Waals surface area contributed by atoms with Crippen molar-refractivity contribution in [3.63, 3.8) is 0 Å². The molecule has 3 N–H and O–H groups in total. The van der Waals surface area contributed by atoms with E-state index in [4.69, 9.17) is 21.1 Å². The van der Waals surface area contributed by atoms with Gasteiger partial charge in [0.1, 0.15) is 35.6 Å². The minimum atomic E-state index is -1.27. The van der Waals surface area contributed by atoms with Gasteiger partial charge in [0.2, 0.25) is 0 Å². The number of rotatable bonds is 4. The fraction of sp³-hybridized carbons (Fsp3) is 0.429. The van der Waals surface area contributed by atoms with Crippen molar-refractivity contribution in [2.24, 2.45) is 0 Å². The molecule has 2 aromatic carbocycles. The second-order valence-corrected chi connectivity index (χ2v) is 8.54. The highest BCUT2D eigenvalue weighted by atomic mass is 35.5. The molecule has 0 unspecified atom stereocenters. The maximum Gasteiger partial charge on any atom is 0.132 e. The second kappa shape index (κ2) is 8.22. The quantitative estimate of drug-likeness (QED) is 0.703. The Kier molecular flexibility index (Phi) is 5.88. The van der Waals surface area contributed by atoms with Gasteiger partial charge in [0.25, 0.3) is 0 Å². The summed E-state index contributed by atoms with van der Waals surface area (Å²) in [5.41, 5.74) is 3.36. The van der Waals surface area contributed by atoms with Gasteiger partial charge in [0.15, 0.2) is 0 Å². The molecular weight excluding hydrogens is 400 g/mol. The molecule has 2 aliphatic rings. The average Bonchev–Trinajstić information content (AvgIpc) is 3.16. The van der Waals surface area contributed by atoms with E-state index < -0.39 is 29.9 Å². The third-order valence-electron chi connectivity index (χ3n) is 5.35. The lowest BCUT2D eigenvalue weighted by Crippen LogP contribution is -2.52. The lowest BCUT2D eigenvalue weighted by molar-refractivity contribution is -0.200. The molecule has 28 heavy (non-hydrogen) atoms. The van der Waals surface area contributed by atoms with Gasteiger partial charge in [0, 0.05) is 11.4 Å². The number of fused-ring (bicyclic) bond motifs is 1. The molecule has 0 spiro atoms. The summed E-state index contributed by atoms with van der Waals surface area (Å²) in [7, 11) is 0. The fourth-order valence-corrected chi connectivity index (χ4v) is 4.65. The number of ether oxygens (including phenoxy) is 2. The zero-order chi connectivity index (χ0) is 19.8. The average molecular weight is 423 g/mol. The molecule has 1 saturated heterocycles. The number of hydrogen-bond donors (Lipinski definition) is 3. The highest BCUT2D eigenvalue weighted by Crippen LogP contribution is 2.37. The summed E-state index contributed by atoms with van der Waals surface area (Å²) in [6.07, 6.45) is -1.02. The van der Waals surface area contributed by atoms with Crippen molar-refractivity contribution in [3.8, 4) is 5.75 Å². The van der Waals surface area contributed by atoms with Gasteiger partial charge in [-0.1, -0.05) is 35.9 Å². The minimum Gasteiger partial charge on any atom is -0.493 e. The highest BCUT2D eigenvalue weighted by Gasteiger charge is 2.44. The van der Waals surface area contributed by atoms with Crippen molar-refractivity contribution >= 4 is 23.4 Å². The van der Waals surface area contributed by atoms with Crippen molar-refractivity contribution < 1.29 is 24.8 Å². The summed E-state index contributed by atoms with van der Waals surface area (Å²) >= 11 is 7.72. The summed E-state index contributed by atoms with van der Waals surface area (Å²) in [5, 5.41) is 31.3. The Balaban J connectivity index is 1.60. The zero-order valence-electron chi connectivity index (χ0n) is 15.4. The third-order valence-corrected chi connectivity index (χ3v) is 6.57. The van der Waals surface area contributed by atoms with E-state index in [1.807, 2.05) is 18.2 Å². The van der Waals surface area contributed by atoms with E-state index in [9.17, 15) is 15.3 Å². The first-order valence-electron chi connectivity index (χ1n) is 9.23. The van der Waals surface area contributed by atoms with Crippen LogP contribution in [-0.2, 0) is 17.6 Å². The van der Waals surface area contributed by atoms with Crippen LogP contribution in [0.15, 0.2) is 36.4 Å². The number of halogens is 1. The van der Waals surface area contributed by atoms with E-state index >= 15 is 0 Å². The Morgan fingerprint density at radius 3 is 2.68 bits per heavy atom. The van der Waals surface area contributed by atoms with Crippen LogP contribution in [0.2, 0.25) is 5.02 Å². The Hall–Kier alpha value is -1.28. The van der Waals surface area contributed by atoms with Gasteiger partial charge in [0.05, 0.1) is 6.61 Å².